The first kappa shape index (κ1) is 30.8. The molecular weight excluding hydrogens is 528 g/mol. The molecule has 0 spiro atoms. The monoisotopic (exact) mass is 544 g/mol. The third-order valence-electron chi connectivity index (χ3n) is 5.07. The minimum atomic E-state index is -1.83. The predicted octanol–water partition coefficient (Wildman–Crippen LogP) is 2.92. The number of hydrogen-bond acceptors (Lipinski definition) is 4. The summed E-state index contributed by atoms with van der Waals surface area (Å²) < 4.78 is 40.5. The summed E-state index contributed by atoms with van der Waals surface area (Å²) in [5.41, 5.74) is 0.933. The summed E-state index contributed by atoms with van der Waals surface area (Å²) >= 11 is 0. The molecule has 0 heterocycles. The number of hydrogen-bond donors (Lipinski definition) is 2. The van der Waals surface area contributed by atoms with Gasteiger partial charge in [0.25, 0.3) is 0 Å². The average Bonchev–Trinajstić information content (AvgIpc) is 2.88. The van der Waals surface area contributed by atoms with Crippen LogP contribution in [0.3, 0.4) is 0 Å². The zero-order valence-corrected chi connectivity index (χ0v) is 22.9. The van der Waals surface area contributed by atoms with Crippen molar-refractivity contribution < 1.29 is 93.9 Å². The predicted molar refractivity (Wildman–Crippen MR) is 127 cm³/mol. The van der Waals surface area contributed by atoms with Crippen molar-refractivity contribution in [3.8, 4) is 11.1 Å². The minimum Gasteiger partial charge on any atom is -0.450 e. The van der Waals surface area contributed by atoms with Crippen molar-refractivity contribution in [3.05, 3.63) is 130 Å². The van der Waals surface area contributed by atoms with Crippen LogP contribution < -0.4 is 51.4 Å². The first-order valence-corrected chi connectivity index (χ1v) is 10.4. The summed E-state index contributed by atoms with van der Waals surface area (Å²) in [6.45, 7) is 0. The molecule has 0 saturated carbocycles. The SMILES string of the molecule is O=C(O)O.O=[C-]c1ccc(F)cc1-c1cc(C(=O)c2ccc(F)cc2)cc(C(=O)c2ccc(F)cc2)c1.[K+]. The average molecular weight is 545 g/mol. The van der Waals surface area contributed by atoms with Gasteiger partial charge in [-0.1, -0.05) is 29.8 Å². The van der Waals surface area contributed by atoms with Crippen LogP contribution in [-0.4, -0.2) is 34.2 Å². The van der Waals surface area contributed by atoms with Gasteiger partial charge in [0.1, 0.15) is 11.6 Å². The molecule has 0 atom stereocenters. The van der Waals surface area contributed by atoms with E-state index in [1.54, 1.807) is 6.29 Å². The number of benzene rings is 4. The number of carbonyl (C=O) groups excluding carboxylic acids is 3. The molecule has 0 aromatic heterocycles. The van der Waals surface area contributed by atoms with E-state index < -0.39 is 35.2 Å². The Morgan fingerprint density at radius 2 is 0.974 bits per heavy atom. The van der Waals surface area contributed by atoms with E-state index in [9.17, 15) is 27.6 Å². The fourth-order valence-corrected chi connectivity index (χ4v) is 3.43. The number of carbonyl (C=O) groups is 3. The van der Waals surface area contributed by atoms with Crippen molar-refractivity contribution >= 4 is 24.0 Å². The van der Waals surface area contributed by atoms with E-state index in [4.69, 9.17) is 15.0 Å². The third kappa shape index (κ3) is 8.04. The Bertz CT molecular complexity index is 1410. The van der Waals surface area contributed by atoms with Crippen LogP contribution >= 0.6 is 0 Å². The van der Waals surface area contributed by atoms with Crippen molar-refractivity contribution in [1.29, 1.82) is 0 Å². The van der Waals surface area contributed by atoms with E-state index >= 15 is 0 Å². The van der Waals surface area contributed by atoms with Gasteiger partial charge in [0, 0.05) is 22.3 Å². The summed E-state index contributed by atoms with van der Waals surface area (Å²) in [4.78, 5) is 46.1. The van der Waals surface area contributed by atoms with Crippen LogP contribution in [0.1, 0.15) is 37.4 Å². The smallest absolute Gasteiger partial charge is 0.450 e. The van der Waals surface area contributed by atoms with E-state index in [0.29, 0.717) is 0 Å². The Balaban J connectivity index is 0.000000947. The van der Waals surface area contributed by atoms with Crippen LogP contribution in [0.15, 0.2) is 84.9 Å². The Morgan fingerprint density at radius 3 is 1.37 bits per heavy atom. The van der Waals surface area contributed by atoms with Crippen molar-refractivity contribution in [2.75, 3.05) is 0 Å². The number of carboxylic acid groups (broad SMARTS) is 2. The Morgan fingerprint density at radius 1 is 0.579 bits per heavy atom. The van der Waals surface area contributed by atoms with Gasteiger partial charge in [-0.3, -0.25) is 9.59 Å². The summed E-state index contributed by atoms with van der Waals surface area (Å²) in [7, 11) is 0. The quantitative estimate of drug-likeness (QED) is 0.220. The Hall–Kier alpha value is -3.41. The molecule has 0 radical (unpaired) electrons. The number of rotatable bonds is 6. The summed E-state index contributed by atoms with van der Waals surface area (Å²) in [6, 6.07) is 17.4. The molecular formula is C28H16F3KO6. The molecule has 4 aromatic carbocycles. The van der Waals surface area contributed by atoms with E-state index in [1.165, 1.54) is 48.5 Å². The van der Waals surface area contributed by atoms with Crippen molar-refractivity contribution in [1.82, 2.24) is 0 Å². The molecule has 0 unspecified atom stereocenters. The molecule has 0 saturated heterocycles. The summed E-state index contributed by atoms with van der Waals surface area (Å²) in [5.74, 6) is -2.65. The van der Waals surface area contributed by atoms with Crippen LogP contribution in [-0.2, 0) is 4.79 Å². The second-order valence-electron chi connectivity index (χ2n) is 7.55. The van der Waals surface area contributed by atoms with Gasteiger partial charge < -0.3 is 15.0 Å². The molecule has 186 valence electrons. The molecule has 4 aromatic rings. The first-order chi connectivity index (χ1) is 17.6. The van der Waals surface area contributed by atoms with Gasteiger partial charge in [-0.15, -0.1) is 11.1 Å². The molecule has 0 aliphatic carbocycles. The molecule has 2 N–H and O–H groups in total. The largest absolute Gasteiger partial charge is 1.00 e. The maximum atomic E-state index is 14.0. The summed E-state index contributed by atoms with van der Waals surface area (Å²) in [6.07, 6.45) is -0.109. The zero-order valence-electron chi connectivity index (χ0n) is 19.7. The number of halogens is 3. The van der Waals surface area contributed by atoms with Gasteiger partial charge >= 0.3 is 57.5 Å². The molecule has 0 bridgehead atoms. The number of ketones is 2. The van der Waals surface area contributed by atoms with Crippen molar-refractivity contribution in [2.24, 2.45) is 0 Å². The van der Waals surface area contributed by atoms with Gasteiger partial charge in [-0.25, -0.2) is 18.0 Å². The molecule has 10 heteroatoms. The standard InChI is InChI=1S/C27H14F3O3.CH2O3.K/c28-22-6-1-16(2-7-22)26(32)20-11-19(25-14-24(30)10-5-18(25)15-31)12-21(13-20)27(33)17-3-8-23(29)9-4-17;2-1(3)4;/h1-14H;(H2,2,3,4);/q-1;;+1. The molecule has 38 heavy (non-hydrogen) atoms. The Kier molecular flexibility index (Phi) is 11.3. The molecule has 4 rings (SSSR count). The first-order valence-electron chi connectivity index (χ1n) is 10.4. The van der Waals surface area contributed by atoms with E-state index in [-0.39, 0.29) is 90.3 Å². The zero-order chi connectivity index (χ0) is 27.1. The maximum Gasteiger partial charge on any atom is 1.00 e. The van der Waals surface area contributed by atoms with Crippen LogP contribution in [0.4, 0.5) is 18.0 Å². The molecule has 0 fully saturated rings. The van der Waals surface area contributed by atoms with Crippen LogP contribution in [0.25, 0.3) is 11.1 Å². The fraction of sp³-hybridized carbons (Fsp3) is 0. The normalized spacial score (nSPS) is 9.87. The fourth-order valence-electron chi connectivity index (χ4n) is 3.43. The molecule has 6 nitrogen and oxygen atoms in total. The van der Waals surface area contributed by atoms with Gasteiger partial charge in [0.15, 0.2) is 11.6 Å². The minimum absolute atomic E-state index is 0. The van der Waals surface area contributed by atoms with Gasteiger partial charge in [-0.2, -0.15) is 6.07 Å². The second-order valence-corrected chi connectivity index (χ2v) is 7.55. The summed E-state index contributed by atoms with van der Waals surface area (Å²) in [5, 5.41) is 13.9. The topological polar surface area (TPSA) is 109 Å². The third-order valence-corrected chi connectivity index (χ3v) is 5.07. The Labute approximate surface area is 257 Å². The maximum absolute atomic E-state index is 14.0. The van der Waals surface area contributed by atoms with Crippen molar-refractivity contribution in [2.45, 2.75) is 0 Å². The van der Waals surface area contributed by atoms with E-state index in [2.05, 4.69) is 0 Å². The van der Waals surface area contributed by atoms with E-state index in [1.807, 2.05) is 0 Å². The van der Waals surface area contributed by atoms with Gasteiger partial charge in [0.2, 0.25) is 0 Å². The molecule has 0 amide bonds. The van der Waals surface area contributed by atoms with E-state index in [0.717, 1.165) is 36.4 Å². The second kappa shape index (κ2) is 13.9. The van der Waals surface area contributed by atoms with Crippen LogP contribution in [0.5, 0.6) is 0 Å². The molecule has 0 aliphatic heterocycles. The van der Waals surface area contributed by atoms with Gasteiger partial charge in [0.05, 0.1) is 12.1 Å². The van der Waals surface area contributed by atoms with Crippen LogP contribution in [0, 0.1) is 17.5 Å². The van der Waals surface area contributed by atoms with Crippen LogP contribution in [0.2, 0.25) is 0 Å². The molecule has 0 aliphatic rings. The van der Waals surface area contributed by atoms with Crippen molar-refractivity contribution in [3.63, 3.8) is 0 Å². The van der Waals surface area contributed by atoms with Gasteiger partial charge in [-0.05, 0) is 54.6 Å².